The maximum absolute atomic E-state index is 12.5. The lowest BCUT2D eigenvalue weighted by Gasteiger charge is -2.28. The van der Waals surface area contributed by atoms with Crippen LogP contribution in [0.2, 0.25) is 5.02 Å². The molecular weight excluding hydrogens is 360 g/mol. The Balaban J connectivity index is 1.69. The van der Waals surface area contributed by atoms with Crippen LogP contribution in [0.15, 0.2) is 54.6 Å². The van der Waals surface area contributed by atoms with Crippen molar-refractivity contribution in [3.63, 3.8) is 0 Å². The summed E-state index contributed by atoms with van der Waals surface area (Å²) in [5.41, 5.74) is 3.25. The predicted molar refractivity (Wildman–Crippen MR) is 109 cm³/mol. The first-order valence-electron chi connectivity index (χ1n) is 9.32. The molecule has 0 radical (unpaired) electrons. The fraction of sp³-hybridized carbons (Fsp3) is 0.318. The van der Waals surface area contributed by atoms with Gasteiger partial charge in [-0.25, -0.2) is 0 Å². The van der Waals surface area contributed by atoms with Crippen molar-refractivity contribution < 1.29 is 14.4 Å². The van der Waals surface area contributed by atoms with Crippen molar-refractivity contribution >= 4 is 23.6 Å². The van der Waals surface area contributed by atoms with Crippen LogP contribution in [0.3, 0.4) is 0 Å². The Morgan fingerprint density at radius 2 is 1.96 bits per heavy atom. The molecule has 2 aromatic rings. The number of halogens is 1. The Morgan fingerprint density at radius 3 is 2.67 bits per heavy atom. The number of aryl methyl sites for hydroxylation is 1. The lowest BCUT2D eigenvalue weighted by atomic mass is 10.0. The van der Waals surface area contributed by atoms with Gasteiger partial charge in [0.05, 0.1) is 13.2 Å². The second-order valence-corrected chi connectivity index (χ2v) is 7.36. The van der Waals surface area contributed by atoms with Crippen LogP contribution >= 0.6 is 11.6 Å². The normalized spacial score (nSPS) is 16.4. The van der Waals surface area contributed by atoms with Gasteiger partial charge in [0.1, 0.15) is 25.7 Å². The van der Waals surface area contributed by atoms with Gasteiger partial charge in [0.15, 0.2) is 0 Å². The maximum Gasteiger partial charge on any atom is 0.244 e. The number of morpholine rings is 1. The number of nitrogens with one attached hydrogen (secondary N) is 2. The van der Waals surface area contributed by atoms with E-state index < -0.39 is 0 Å². The van der Waals surface area contributed by atoms with Crippen LogP contribution in [0.5, 0.6) is 0 Å². The molecule has 0 unspecified atom stereocenters. The van der Waals surface area contributed by atoms with E-state index in [-0.39, 0.29) is 11.9 Å². The third-order valence-corrected chi connectivity index (χ3v) is 5.00. The van der Waals surface area contributed by atoms with Crippen molar-refractivity contribution in [3.8, 4) is 0 Å². The molecule has 0 aliphatic carbocycles. The summed E-state index contributed by atoms with van der Waals surface area (Å²) >= 11 is 6.00. The summed E-state index contributed by atoms with van der Waals surface area (Å²) in [5, 5.41) is 3.82. The minimum atomic E-state index is -0.104. The molecule has 2 N–H and O–H groups in total. The van der Waals surface area contributed by atoms with E-state index >= 15 is 0 Å². The van der Waals surface area contributed by atoms with Crippen LogP contribution in [-0.2, 0) is 9.53 Å². The third-order valence-electron chi connectivity index (χ3n) is 4.76. The molecular formula is C22H26ClN2O2+. The van der Waals surface area contributed by atoms with E-state index in [4.69, 9.17) is 16.3 Å². The Bertz CT molecular complexity index is 783. The first kappa shape index (κ1) is 19.6. The van der Waals surface area contributed by atoms with Crippen molar-refractivity contribution in [2.75, 3.05) is 32.8 Å². The van der Waals surface area contributed by atoms with Crippen LogP contribution in [0.1, 0.15) is 22.7 Å². The standard InChI is InChI=1S/C22H25ClN2O2/c1-17-5-8-19(9-6-17)21(16-25-11-13-27-14-12-25)24-22(26)10-7-18-3-2-4-20(23)15-18/h2-10,15,21H,11-14,16H2,1H3,(H,24,26)/p+1/b10-7+/t21-/m1/s1. The molecule has 1 fully saturated rings. The number of carbonyl (C=O) groups is 1. The minimum absolute atomic E-state index is 0.0322. The van der Waals surface area contributed by atoms with Crippen molar-refractivity contribution in [1.29, 1.82) is 0 Å². The Kier molecular flexibility index (Phi) is 7.04. The molecule has 1 heterocycles. The van der Waals surface area contributed by atoms with E-state index in [9.17, 15) is 4.79 Å². The molecule has 0 bridgehead atoms. The SMILES string of the molecule is Cc1ccc([C@@H](C[NH+]2CCOCC2)NC(=O)/C=C/c2cccc(Cl)c2)cc1. The summed E-state index contributed by atoms with van der Waals surface area (Å²) in [6.07, 6.45) is 3.36. The molecule has 0 spiro atoms. The summed E-state index contributed by atoms with van der Waals surface area (Å²) in [6, 6.07) is 15.8. The van der Waals surface area contributed by atoms with Gasteiger partial charge >= 0.3 is 0 Å². The first-order valence-corrected chi connectivity index (χ1v) is 9.70. The molecule has 3 rings (SSSR count). The molecule has 1 atom stereocenters. The molecule has 5 heteroatoms. The quantitative estimate of drug-likeness (QED) is 0.750. The van der Waals surface area contributed by atoms with E-state index in [1.54, 1.807) is 12.2 Å². The number of carbonyl (C=O) groups excluding carboxylic acids is 1. The number of ether oxygens (including phenoxy) is 1. The van der Waals surface area contributed by atoms with Crippen molar-refractivity contribution in [3.05, 3.63) is 76.3 Å². The Labute approximate surface area is 165 Å². The average Bonchev–Trinajstić information content (AvgIpc) is 2.67. The van der Waals surface area contributed by atoms with Gasteiger partial charge in [-0.3, -0.25) is 4.79 Å². The van der Waals surface area contributed by atoms with Crippen molar-refractivity contribution in [2.45, 2.75) is 13.0 Å². The smallest absolute Gasteiger partial charge is 0.244 e. The fourth-order valence-corrected chi connectivity index (χ4v) is 3.40. The van der Waals surface area contributed by atoms with E-state index in [0.29, 0.717) is 5.02 Å². The van der Waals surface area contributed by atoms with Crippen molar-refractivity contribution in [2.24, 2.45) is 0 Å². The van der Waals surface area contributed by atoms with E-state index in [1.807, 2.05) is 24.3 Å². The Hall–Kier alpha value is -2.14. The monoisotopic (exact) mass is 385 g/mol. The number of amides is 1. The summed E-state index contributed by atoms with van der Waals surface area (Å²) < 4.78 is 5.45. The molecule has 1 aliphatic heterocycles. The third kappa shape index (κ3) is 6.21. The highest BCUT2D eigenvalue weighted by molar-refractivity contribution is 6.30. The highest BCUT2D eigenvalue weighted by Crippen LogP contribution is 2.14. The van der Waals surface area contributed by atoms with E-state index in [1.165, 1.54) is 10.5 Å². The zero-order chi connectivity index (χ0) is 19.1. The van der Waals surface area contributed by atoms with Crippen molar-refractivity contribution in [1.82, 2.24) is 5.32 Å². The summed E-state index contributed by atoms with van der Waals surface area (Å²) in [4.78, 5) is 14.0. The fourth-order valence-electron chi connectivity index (χ4n) is 3.21. The summed E-state index contributed by atoms with van der Waals surface area (Å²) in [5.74, 6) is -0.104. The van der Waals surface area contributed by atoms with Gasteiger partial charge < -0.3 is 15.0 Å². The van der Waals surface area contributed by atoms with Gasteiger partial charge in [0.2, 0.25) is 5.91 Å². The molecule has 1 saturated heterocycles. The maximum atomic E-state index is 12.5. The van der Waals surface area contributed by atoms with Crippen LogP contribution in [-0.4, -0.2) is 38.8 Å². The number of rotatable bonds is 6. The minimum Gasteiger partial charge on any atom is -0.370 e. The van der Waals surface area contributed by atoms with Gasteiger partial charge in [-0.15, -0.1) is 0 Å². The molecule has 1 aliphatic rings. The molecule has 0 saturated carbocycles. The number of hydrogen-bond donors (Lipinski definition) is 2. The highest BCUT2D eigenvalue weighted by Gasteiger charge is 2.22. The second kappa shape index (κ2) is 9.70. The highest BCUT2D eigenvalue weighted by atomic mass is 35.5. The molecule has 142 valence electrons. The molecule has 1 amide bonds. The van der Waals surface area contributed by atoms with Crippen LogP contribution in [0.4, 0.5) is 0 Å². The lowest BCUT2D eigenvalue weighted by Crippen LogP contribution is -3.14. The largest absolute Gasteiger partial charge is 0.370 e. The Morgan fingerprint density at radius 1 is 1.22 bits per heavy atom. The zero-order valence-electron chi connectivity index (χ0n) is 15.6. The zero-order valence-corrected chi connectivity index (χ0v) is 16.3. The van der Waals surface area contributed by atoms with E-state index in [2.05, 4.69) is 36.5 Å². The number of hydrogen-bond acceptors (Lipinski definition) is 2. The molecule has 4 nitrogen and oxygen atoms in total. The summed E-state index contributed by atoms with van der Waals surface area (Å²) in [6.45, 7) is 6.41. The van der Waals surface area contributed by atoms with Gasteiger partial charge in [-0.2, -0.15) is 0 Å². The van der Waals surface area contributed by atoms with E-state index in [0.717, 1.165) is 44.0 Å². The van der Waals surface area contributed by atoms with Gasteiger partial charge in [0.25, 0.3) is 0 Å². The second-order valence-electron chi connectivity index (χ2n) is 6.93. The number of quaternary nitrogens is 1. The number of benzene rings is 2. The first-order chi connectivity index (χ1) is 13.1. The topological polar surface area (TPSA) is 42.8 Å². The van der Waals surface area contributed by atoms with Crippen LogP contribution < -0.4 is 10.2 Å². The van der Waals surface area contributed by atoms with Crippen LogP contribution in [0, 0.1) is 6.92 Å². The molecule has 27 heavy (non-hydrogen) atoms. The van der Waals surface area contributed by atoms with Crippen LogP contribution in [0.25, 0.3) is 6.08 Å². The van der Waals surface area contributed by atoms with Gasteiger partial charge in [-0.05, 0) is 36.3 Å². The molecule has 0 aromatic heterocycles. The van der Waals surface area contributed by atoms with Gasteiger partial charge in [-0.1, -0.05) is 53.6 Å². The lowest BCUT2D eigenvalue weighted by molar-refractivity contribution is -0.909. The van der Waals surface area contributed by atoms with Gasteiger partial charge in [0, 0.05) is 11.1 Å². The summed E-state index contributed by atoms with van der Waals surface area (Å²) in [7, 11) is 0. The average molecular weight is 386 g/mol. The predicted octanol–water partition coefficient (Wildman–Crippen LogP) is 2.43. The molecule has 2 aromatic carbocycles.